The minimum absolute atomic E-state index is 0. The first-order valence-electron chi connectivity index (χ1n) is 8.59. The molecule has 1 nitrogen and oxygen atoms in total. The zero-order valence-corrected chi connectivity index (χ0v) is 18.4. The van der Waals surface area contributed by atoms with Crippen molar-refractivity contribution in [2.24, 2.45) is 0 Å². The Balaban J connectivity index is 0. The molecular weight excluding hydrogens is 318 g/mol. The van der Waals surface area contributed by atoms with Crippen LogP contribution in [0, 0.1) is 27.7 Å². The average Bonchev–Trinajstić information content (AvgIpc) is 2.63. The summed E-state index contributed by atoms with van der Waals surface area (Å²) in [6.45, 7) is 13.1. The summed E-state index contributed by atoms with van der Waals surface area (Å²) in [5.41, 5.74) is 13.3. The van der Waals surface area contributed by atoms with E-state index in [2.05, 4.69) is 46.9 Å². The summed E-state index contributed by atoms with van der Waals surface area (Å²) >= 11 is 0. The van der Waals surface area contributed by atoms with Gasteiger partial charge in [0.15, 0.2) is 0 Å². The molecule has 0 aromatic heterocycles. The van der Waals surface area contributed by atoms with Gasteiger partial charge >= 0.3 is 21.7 Å². The normalized spacial score (nSPS) is 15.2. The molecular formula is C19H36NSiTi. The fourth-order valence-corrected chi connectivity index (χ4v) is 2.59. The van der Waals surface area contributed by atoms with E-state index in [9.17, 15) is 0 Å². The summed E-state index contributed by atoms with van der Waals surface area (Å²) in [4.78, 5) is 0. The third kappa shape index (κ3) is 10.9. The number of nitrogens with one attached hydrogen (secondary N) is 1. The van der Waals surface area contributed by atoms with Crippen molar-refractivity contribution in [3.8, 4) is 0 Å². The second-order valence-electron chi connectivity index (χ2n) is 6.38. The molecule has 22 heavy (non-hydrogen) atoms. The van der Waals surface area contributed by atoms with Crippen LogP contribution in [0.3, 0.4) is 0 Å². The van der Waals surface area contributed by atoms with Crippen LogP contribution in [0.4, 0.5) is 0 Å². The zero-order valence-electron chi connectivity index (χ0n) is 15.7. The molecule has 0 heterocycles. The van der Waals surface area contributed by atoms with Gasteiger partial charge in [-0.15, -0.1) is 6.04 Å². The molecule has 1 fully saturated rings. The molecule has 2 rings (SSSR count). The fraction of sp³-hybridized carbons (Fsp3) is 0.737. The van der Waals surface area contributed by atoms with Gasteiger partial charge in [0.05, 0.1) is 0 Å². The summed E-state index contributed by atoms with van der Waals surface area (Å²) in [7, 11) is 0.750. The van der Waals surface area contributed by atoms with Crippen LogP contribution in [0.5, 0.6) is 0 Å². The molecule has 0 spiro atoms. The van der Waals surface area contributed by atoms with E-state index in [1.165, 1.54) is 54.4 Å². The van der Waals surface area contributed by atoms with E-state index in [0.717, 1.165) is 22.4 Å². The Morgan fingerprint density at radius 1 is 1.00 bits per heavy atom. The number of rotatable bonds is 0. The van der Waals surface area contributed by atoms with Crippen molar-refractivity contribution in [2.75, 3.05) is 0 Å². The minimum Gasteiger partial charge on any atom is -0.675 e. The predicted octanol–water partition coefficient (Wildman–Crippen LogP) is 6.31. The van der Waals surface area contributed by atoms with Crippen LogP contribution in [-0.4, -0.2) is 15.6 Å². The average molecular weight is 354 g/mol. The predicted molar refractivity (Wildman–Crippen MR) is 100 cm³/mol. The fourth-order valence-electron chi connectivity index (χ4n) is 2.59. The Hall–Kier alpha value is 0.241. The first-order chi connectivity index (χ1) is 9.93. The molecule has 1 aliphatic carbocycles. The summed E-state index contributed by atoms with van der Waals surface area (Å²) in [6.07, 6.45) is 9.06. The van der Waals surface area contributed by atoms with Crippen molar-refractivity contribution < 1.29 is 21.7 Å². The Labute approximate surface area is 156 Å². The molecule has 0 atom stereocenters. The Kier molecular flexibility index (Phi) is 16.5. The smallest absolute Gasteiger partial charge is 0.675 e. The molecule has 0 amide bonds. The van der Waals surface area contributed by atoms with Crippen molar-refractivity contribution in [3.63, 3.8) is 0 Å². The van der Waals surface area contributed by atoms with Crippen molar-refractivity contribution in [2.45, 2.75) is 91.8 Å². The molecule has 0 aliphatic heterocycles. The van der Waals surface area contributed by atoms with Gasteiger partial charge in [-0.1, -0.05) is 85.7 Å². The van der Waals surface area contributed by atoms with Gasteiger partial charge in [0.2, 0.25) is 0 Å². The van der Waals surface area contributed by atoms with E-state index in [4.69, 9.17) is 5.73 Å². The molecule has 1 radical (unpaired) electrons. The number of hydrogen-bond acceptors (Lipinski definition) is 0. The molecule has 125 valence electrons. The topological polar surface area (TPSA) is 23.8 Å². The van der Waals surface area contributed by atoms with Gasteiger partial charge in [-0.2, -0.15) is 28.3 Å². The molecule has 0 bridgehead atoms. The molecule has 1 aromatic rings. The van der Waals surface area contributed by atoms with E-state index in [0.29, 0.717) is 0 Å². The molecule has 1 aliphatic rings. The summed E-state index contributed by atoms with van der Waals surface area (Å²) in [5.74, 6) is 0. The third-order valence-electron chi connectivity index (χ3n) is 4.28. The van der Waals surface area contributed by atoms with E-state index in [1.54, 1.807) is 0 Å². The van der Waals surface area contributed by atoms with Crippen molar-refractivity contribution >= 4 is 9.52 Å². The summed E-state index contributed by atoms with van der Waals surface area (Å²) < 4.78 is 0. The van der Waals surface area contributed by atoms with E-state index in [-0.39, 0.29) is 27.8 Å². The van der Waals surface area contributed by atoms with Gasteiger partial charge < -0.3 is 5.73 Å². The van der Waals surface area contributed by atoms with Crippen molar-refractivity contribution in [1.29, 1.82) is 0 Å². The van der Waals surface area contributed by atoms with Crippen LogP contribution >= 0.6 is 0 Å². The number of hydrogen-bond donors (Lipinski definition) is 0. The third-order valence-corrected chi connectivity index (χ3v) is 4.28. The Bertz CT molecular complexity index is 343. The number of aryl methyl sites for hydroxylation is 2. The van der Waals surface area contributed by atoms with Crippen molar-refractivity contribution in [3.05, 3.63) is 34.1 Å². The van der Waals surface area contributed by atoms with Crippen LogP contribution in [-0.2, 0) is 21.7 Å². The second kappa shape index (κ2) is 14.8. The van der Waals surface area contributed by atoms with Gasteiger partial charge in [0.1, 0.15) is 0 Å². The molecule has 0 unspecified atom stereocenters. The molecule has 0 saturated heterocycles. The maximum atomic E-state index is 7.51. The zero-order chi connectivity index (χ0) is 16.3. The molecule has 1 N–H and O–H groups in total. The van der Waals surface area contributed by atoms with Crippen LogP contribution in [0.15, 0.2) is 6.07 Å². The Morgan fingerprint density at radius 2 is 1.41 bits per heavy atom. The maximum absolute atomic E-state index is 7.51. The largest absolute Gasteiger partial charge is 2.00 e. The standard InChI is InChI=1S/C9H13.C8H16N.C2H7Si.Ti/c1-6-5-7(2)9(4)8(6)3;9-8-6-4-2-1-3-5-7-8;1-3-2;/h5H,1-4H3;8-9H,1-7H2;3H,1-2H3;/q2*-1;;+2. The monoisotopic (exact) mass is 354 g/mol. The SMILES string of the molecule is C[SiH]C.Cc1c[c-](C)c(C)c1C.[NH-]C1CCCCCCC1.[Ti+2]. The van der Waals surface area contributed by atoms with E-state index < -0.39 is 0 Å². The van der Waals surface area contributed by atoms with Crippen LogP contribution in [0.2, 0.25) is 13.1 Å². The van der Waals surface area contributed by atoms with Gasteiger partial charge in [-0.3, -0.25) is 0 Å². The van der Waals surface area contributed by atoms with Crippen molar-refractivity contribution in [1.82, 2.24) is 0 Å². The summed E-state index contributed by atoms with van der Waals surface area (Å²) in [5, 5.41) is 0. The van der Waals surface area contributed by atoms with Crippen LogP contribution in [0.1, 0.15) is 67.2 Å². The van der Waals surface area contributed by atoms with Gasteiger partial charge in [0, 0.05) is 9.52 Å². The summed E-state index contributed by atoms with van der Waals surface area (Å²) in [6, 6.07) is 2.51. The first-order valence-corrected chi connectivity index (χ1v) is 10.9. The van der Waals surface area contributed by atoms with Crippen LogP contribution in [0.25, 0.3) is 5.73 Å². The first kappa shape index (κ1) is 24.5. The molecule has 1 aromatic carbocycles. The minimum atomic E-state index is 0. The molecule has 1 saturated carbocycles. The van der Waals surface area contributed by atoms with E-state index in [1.807, 2.05) is 0 Å². The second-order valence-corrected chi connectivity index (χ2v) is 7.53. The quantitative estimate of drug-likeness (QED) is 0.385. The van der Waals surface area contributed by atoms with Gasteiger partial charge in [-0.25, -0.2) is 0 Å². The van der Waals surface area contributed by atoms with Crippen LogP contribution < -0.4 is 0 Å². The van der Waals surface area contributed by atoms with Gasteiger partial charge in [-0.05, 0) is 0 Å². The maximum Gasteiger partial charge on any atom is 2.00 e. The molecule has 3 heteroatoms. The van der Waals surface area contributed by atoms with Gasteiger partial charge in [0.25, 0.3) is 0 Å². The Morgan fingerprint density at radius 3 is 1.68 bits per heavy atom. The van der Waals surface area contributed by atoms with E-state index >= 15 is 0 Å².